The Morgan fingerprint density at radius 3 is 2.58 bits per heavy atom. The van der Waals surface area contributed by atoms with E-state index in [-0.39, 0.29) is 12.2 Å². The molecule has 3 fully saturated rings. The molecule has 0 spiro atoms. The Hall–Kier alpha value is -3.17. The van der Waals surface area contributed by atoms with Gasteiger partial charge < -0.3 is 5.11 Å². The molecule has 2 N–H and O–H groups in total. The lowest BCUT2D eigenvalue weighted by Crippen LogP contribution is -2.62. The van der Waals surface area contributed by atoms with Gasteiger partial charge in [0, 0.05) is 18.7 Å². The summed E-state index contributed by atoms with van der Waals surface area (Å²) in [5.74, 6) is -0.597. The zero-order valence-corrected chi connectivity index (χ0v) is 12.2. The number of benzene rings is 1. The van der Waals surface area contributed by atoms with Crippen molar-refractivity contribution in [2.24, 2.45) is 0 Å². The number of carbonyl (C=O) groups is 3. The average Bonchev–Trinajstić information content (AvgIpc) is 3.18. The lowest BCUT2D eigenvalue weighted by molar-refractivity contribution is -0.384. The van der Waals surface area contributed by atoms with Gasteiger partial charge in [-0.1, -0.05) is 0 Å². The fraction of sp³-hybridized carbons (Fsp3) is 0.357. The van der Waals surface area contributed by atoms with Gasteiger partial charge in [-0.25, -0.2) is 9.59 Å². The normalized spacial score (nSPS) is 30.5. The minimum absolute atomic E-state index is 0.148. The van der Waals surface area contributed by atoms with Gasteiger partial charge in [-0.2, -0.15) is 0 Å². The first-order chi connectivity index (χ1) is 11.4. The minimum Gasteiger partial charge on any atom is -0.465 e. The molecule has 0 radical (unpaired) electrons. The molecular weight excluding hydrogens is 320 g/mol. The third-order valence-electron chi connectivity index (χ3n) is 5.06. The standard InChI is InChI=1S/C14H12N4O6/c19-11-14(7-1-3-8(4-2-7)18(23)24)10-5-9(6-16(10)13(21)22)17(14)12(20)15-11/h1-4,9-10H,5-6H2,(H,21,22)(H,15,19,20). The van der Waals surface area contributed by atoms with E-state index in [1.807, 2.05) is 0 Å². The Bertz CT molecular complexity index is 793. The van der Waals surface area contributed by atoms with Crippen molar-refractivity contribution in [2.75, 3.05) is 6.54 Å². The maximum absolute atomic E-state index is 12.6. The molecule has 124 valence electrons. The molecule has 3 saturated heterocycles. The number of imide groups is 1. The molecule has 0 saturated carbocycles. The summed E-state index contributed by atoms with van der Waals surface area (Å²) in [6, 6.07) is 3.63. The Kier molecular flexibility index (Phi) is 2.66. The second-order valence-corrected chi connectivity index (χ2v) is 6.04. The summed E-state index contributed by atoms with van der Waals surface area (Å²) in [5.41, 5.74) is -1.24. The topological polar surface area (TPSA) is 133 Å². The van der Waals surface area contributed by atoms with Crippen LogP contribution in [0.4, 0.5) is 15.3 Å². The molecule has 1 aromatic rings. The van der Waals surface area contributed by atoms with Gasteiger partial charge in [-0.05, 0) is 24.1 Å². The average molecular weight is 332 g/mol. The van der Waals surface area contributed by atoms with Gasteiger partial charge in [0.25, 0.3) is 11.6 Å². The van der Waals surface area contributed by atoms with Crippen LogP contribution in [-0.4, -0.2) is 56.5 Å². The molecule has 10 heteroatoms. The predicted octanol–water partition coefficient (Wildman–Crippen LogP) is 0.476. The number of non-ortho nitro benzene ring substituents is 1. The summed E-state index contributed by atoms with van der Waals surface area (Å²) in [6.07, 6.45) is -0.793. The van der Waals surface area contributed by atoms with Crippen molar-refractivity contribution < 1.29 is 24.4 Å². The molecule has 1 aromatic carbocycles. The second kappa shape index (κ2) is 4.43. The third kappa shape index (κ3) is 1.52. The quantitative estimate of drug-likeness (QED) is 0.459. The number of urea groups is 1. The molecule has 3 aliphatic rings. The summed E-state index contributed by atoms with van der Waals surface area (Å²) >= 11 is 0. The van der Waals surface area contributed by atoms with E-state index >= 15 is 0 Å². The Morgan fingerprint density at radius 2 is 2.00 bits per heavy atom. The lowest BCUT2D eigenvalue weighted by atomic mass is 9.82. The smallest absolute Gasteiger partial charge is 0.407 e. The molecule has 2 bridgehead atoms. The predicted molar refractivity (Wildman–Crippen MR) is 77.1 cm³/mol. The van der Waals surface area contributed by atoms with E-state index in [0.717, 1.165) is 0 Å². The van der Waals surface area contributed by atoms with E-state index in [0.29, 0.717) is 12.0 Å². The number of likely N-dealkylation sites (tertiary alicyclic amines) is 1. The zero-order chi connectivity index (χ0) is 17.2. The van der Waals surface area contributed by atoms with Crippen LogP contribution >= 0.6 is 0 Å². The maximum atomic E-state index is 12.6. The highest BCUT2D eigenvalue weighted by Gasteiger charge is 2.71. The Balaban J connectivity index is 1.87. The maximum Gasteiger partial charge on any atom is 0.407 e. The molecule has 4 amide bonds. The molecule has 3 atom stereocenters. The summed E-state index contributed by atoms with van der Waals surface area (Å²) in [7, 11) is 0. The highest BCUT2D eigenvalue weighted by Crippen LogP contribution is 2.51. The van der Waals surface area contributed by atoms with Gasteiger partial charge >= 0.3 is 12.1 Å². The number of nitro groups is 1. The second-order valence-electron chi connectivity index (χ2n) is 6.04. The monoisotopic (exact) mass is 332 g/mol. The van der Waals surface area contributed by atoms with Gasteiger partial charge in [0.2, 0.25) is 0 Å². The highest BCUT2D eigenvalue weighted by molar-refractivity contribution is 6.09. The fourth-order valence-electron chi connectivity index (χ4n) is 4.20. The number of piperazine rings is 1. The van der Waals surface area contributed by atoms with Crippen molar-refractivity contribution in [1.29, 1.82) is 0 Å². The van der Waals surface area contributed by atoms with Crippen molar-refractivity contribution >= 4 is 23.7 Å². The van der Waals surface area contributed by atoms with E-state index < -0.39 is 40.6 Å². The number of carbonyl (C=O) groups excluding carboxylic acids is 2. The van der Waals surface area contributed by atoms with Crippen LogP contribution in [0.5, 0.6) is 0 Å². The first-order valence-electron chi connectivity index (χ1n) is 7.26. The first-order valence-corrected chi connectivity index (χ1v) is 7.26. The molecule has 10 nitrogen and oxygen atoms in total. The summed E-state index contributed by atoms with van der Waals surface area (Å²) in [4.78, 5) is 49.1. The van der Waals surface area contributed by atoms with Crippen LogP contribution in [-0.2, 0) is 10.3 Å². The number of nitrogens with zero attached hydrogens (tertiary/aromatic N) is 3. The van der Waals surface area contributed by atoms with Crippen LogP contribution in [0, 0.1) is 10.1 Å². The van der Waals surface area contributed by atoms with Crippen molar-refractivity contribution in [3.63, 3.8) is 0 Å². The SMILES string of the molecule is O=C(O)N1CC2CC1C1(c3ccc([N+](=O)[O-])cc3)C(=O)NC(=O)N21. The van der Waals surface area contributed by atoms with E-state index in [2.05, 4.69) is 5.32 Å². The largest absolute Gasteiger partial charge is 0.465 e. The van der Waals surface area contributed by atoms with Crippen LogP contribution in [0.3, 0.4) is 0 Å². The number of nitrogens with one attached hydrogen (secondary N) is 1. The third-order valence-corrected chi connectivity index (χ3v) is 5.06. The summed E-state index contributed by atoms with van der Waals surface area (Å²) < 4.78 is 0. The number of fused-ring (bicyclic) bond motifs is 5. The number of carboxylic acid groups (broad SMARTS) is 1. The highest BCUT2D eigenvalue weighted by atomic mass is 16.6. The zero-order valence-electron chi connectivity index (χ0n) is 12.2. The Morgan fingerprint density at radius 1 is 1.33 bits per heavy atom. The molecule has 24 heavy (non-hydrogen) atoms. The molecule has 0 aromatic heterocycles. The molecule has 3 unspecified atom stereocenters. The summed E-state index contributed by atoms with van der Waals surface area (Å²) in [6.45, 7) is 0.148. The van der Waals surface area contributed by atoms with Gasteiger partial charge in [-0.3, -0.25) is 30.0 Å². The van der Waals surface area contributed by atoms with E-state index in [1.165, 1.54) is 34.1 Å². The van der Waals surface area contributed by atoms with Gasteiger partial charge in [0.05, 0.1) is 17.0 Å². The number of rotatable bonds is 2. The van der Waals surface area contributed by atoms with Crippen LogP contribution in [0.15, 0.2) is 24.3 Å². The molecule has 3 aliphatic heterocycles. The van der Waals surface area contributed by atoms with E-state index in [4.69, 9.17) is 0 Å². The van der Waals surface area contributed by atoms with Crippen molar-refractivity contribution in [2.45, 2.75) is 24.0 Å². The lowest BCUT2D eigenvalue weighted by Gasteiger charge is -2.43. The van der Waals surface area contributed by atoms with Crippen molar-refractivity contribution in [3.05, 3.63) is 39.9 Å². The number of amides is 4. The van der Waals surface area contributed by atoms with Crippen LogP contribution in [0.25, 0.3) is 0 Å². The number of nitro benzene ring substituents is 1. The van der Waals surface area contributed by atoms with Crippen molar-refractivity contribution in [1.82, 2.24) is 15.1 Å². The molecule has 0 aliphatic carbocycles. The molecule has 3 heterocycles. The van der Waals surface area contributed by atoms with Crippen LogP contribution < -0.4 is 5.32 Å². The first kappa shape index (κ1) is 14.4. The van der Waals surface area contributed by atoms with Crippen molar-refractivity contribution in [3.8, 4) is 0 Å². The van der Waals surface area contributed by atoms with Crippen LogP contribution in [0.1, 0.15) is 12.0 Å². The molecule has 4 rings (SSSR count). The van der Waals surface area contributed by atoms with Crippen LogP contribution in [0.2, 0.25) is 0 Å². The van der Waals surface area contributed by atoms with Gasteiger partial charge in [0.15, 0.2) is 5.54 Å². The fourth-order valence-corrected chi connectivity index (χ4v) is 4.20. The van der Waals surface area contributed by atoms with E-state index in [9.17, 15) is 29.6 Å². The van der Waals surface area contributed by atoms with Gasteiger partial charge in [-0.15, -0.1) is 0 Å². The number of hydrogen-bond donors (Lipinski definition) is 2. The van der Waals surface area contributed by atoms with E-state index in [1.54, 1.807) is 0 Å². The minimum atomic E-state index is -1.46. The summed E-state index contributed by atoms with van der Waals surface area (Å²) in [5, 5.41) is 22.5. The Labute approximate surface area is 134 Å². The molecular formula is C14H12N4O6. The van der Waals surface area contributed by atoms with Gasteiger partial charge in [0.1, 0.15) is 0 Å². The number of hydrogen-bond acceptors (Lipinski definition) is 5.